The lowest BCUT2D eigenvalue weighted by Gasteiger charge is -2.19. The number of ether oxygens (including phenoxy) is 3. The van der Waals surface area contributed by atoms with Gasteiger partial charge in [0.2, 0.25) is 5.75 Å². The first-order chi connectivity index (χ1) is 17.6. The van der Waals surface area contributed by atoms with E-state index in [1.807, 2.05) is 0 Å². The minimum absolute atomic E-state index is 0.271. The molecule has 0 saturated heterocycles. The molecule has 0 aliphatic heterocycles. The zero-order valence-corrected chi connectivity index (χ0v) is 22.0. The Bertz CT molecular complexity index is 1380. The summed E-state index contributed by atoms with van der Waals surface area (Å²) < 4.78 is 29.6. The molecule has 0 aliphatic rings. The number of hydrogen-bond donors (Lipinski definition) is 1. The van der Waals surface area contributed by atoms with Crippen molar-refractivity contribution < 1.29 is 23.4 Å². The molecular weight excluding hydrogens is 495 g/mol. The first-order valence-corrected chi connectivity index (χ1v) is 12.3. The van der Waals surface area contributed by atoms with E-state index in [1.54, 1.807) is 63.4 Å². The van der Waals surface area contributed by atoms with Crippen molar-refractivity contribution in [2.24, 2.45) is 0 Å². The first kappa shape index (κ1) is 26.0. The van der Waals surface area contributed by atoms with E-state index in [0.29, 0.717) is 39.9 Å². The molecule has 4 aromatic rings. The number of carbonyl (C=O) groups is 1. The Labute approximate surface area is 218 Å². The fourth-order valence-electron chi connectivity index (χ4n) is 3.45. The lowest BCUT2D eigenvalue weighted by Crippen LogP contribution is -2.27. The van der Waals surface area contributed by atoms with Crippen molar-refractivity contribution >= 4 is 23.1 Å². The minimum atomic E-state index is -0.595. The number of hydrogen-bond acceptors (Lipinski definition) is 8. The van der Waals surface area contributed by atoms with Crippen LogP contribution in [-0.4, -0.2) is 40.9 Å². The van der Waals surface area contributed by atoms with Gasteiger partial charge in [-0.3, -0.25) is 5.32 Å². The summed E-state index contributed by atoms with van der Waals surface area (Å²) in [7, 11) is 3.03. The molecule has 0 atom stereocenters. The fraction of sp³-hybridized carbons (Fsp3) is 0.259. The quantitative estimate of drug-likeness (QED) is 0.302. The van der Waals surface area contributed by atoms with Gasteiger partial charge in [-0.25, -0.2) is 19.2 Å². The highest BCUT2D eigenvalue weighted by molar-refractivity contribution is 7.15. The predicted molar refractivity (Wildman–Crippen MR) is 141 cm³/mol. The number of nitrogens with zero attached hydrogens (tertiary/aromatic N) is 3. The van der Waals surface area contributed by atoms with Crippen LogP contribution in [0.2, 0.25) is 0 Å². The smallest absolute Gasteiger partial charge is 0.412 e. The molecule has 1 amide bonds. The van der Waals surface area contributed by atoms with Gasteiger partial charge in [-0.15, -0.1) is 11.3 Å². The molecule has 1 N–H and O–H groups in total. The lowest BCUT2D eigenvalue weighted by atomic mass is 10.1. The zero-order chi connectivity index (χ0) is 26.6. The second-order valence-corrected chi connectivity index (χ2v) is 10.2. The Morgan fingerprint density at radius 1 is 1.00 bits per heavy atom. The number of rotatable bonds is 7. The molecule has 0 aliphatic carbocycles. The predicted octanol–water partition coefficient (Wildman–Crippen LogP) is 6.36. The Balaban J connectivity index is 1.62. The number of methoxy groups -OCH3 is 2. The monoisotopic (exact) mass is 522 g/mol. The summed E-state index contributed by atoms with van der Waals surface area (Å²) in [6.45, 7) is 5.40. The molecule has 2 aromatic carbocycles. The molecule has 0 radical (unpaired) electrons. The van der Waals surface area contributed by atoms with Crippen molar-refractivity contribution in [2.45, 2.75) is 32.8 Å². The molecule has 2 heterocycles. The van der Waals surface area contributed by atoms with Gasteiger partial charge in [0.25, 0.3) is 5.88 Å². The van der Waals surface area contributed by atoms with Gasteiger partial charge in [0.1, 0.15) is 22.1 Å². The number of anilines is 1. The zero-order valence-electron chi connectivity index (χ0n) is 21.2. The van der Waals surface area contributed by atoms with Crippen LogP contribution in [0.5, 0.6) is 11.6 Å². The SMILES string of the molecule is COc1nc(-c2ccc(NC(=O)OC(C)(C)C)cc2)nc(-c2ncc(Cc3ccc(F)cc3)s2)c1OC. The summed E-state index contributed by atoms with van der Waals surface area (Å²) in [4.78, 5) is 26.8. The van der Waals surface area contributed by atoms with Crippen LogP contribution in [0.3, 0.4) is 0 Å². The number of amides is 1. The molecule has 0 spiro atoms. The van der Waals surface area contributed by atoms with Gasteiger partial charge < -0.3 is 14.2 Å². The maximum absolute atomic E-state index is 13.2. The highest BCUT2D eigenvalue weighted by atomic mass is 32.1. The van der Waals surface area contributed by atoms with Crippen LogP contribution in [-0.2, 0) is 11.2 Å². The average molecular weight is 523 g/mol. The molecule has 0 fully saturated rings. The van der Waals surface area contributed by atoms with E-state index >= 15 is 0 Å². The summed E-state index contributed by atoms with van der Waals surface area (Å²) in [5.41, 5.74) is 2.16. The maximum Gasteiger partial charge on any atom is 0.412 e. The minimum Gasteiger partial charge on any atom is -0.490 e. The van der Waals surface area contributed by atoms with Crippen LogP contribution in [0.4, 0.5) is 14.9 Å². The summed E-state index contributed by atoms with van der Waals surface area (Å²) in [6, 6.07) is 13.4. The third-order valence-corrected chi connectivity index (χ3v) is 6.07. The Morgan fingerprint density at radius 3 is 2.32 bits per heavy atom. The topological polar surface area (TPSA) is 95.5 Å². The summed E-state index contributed by atoms with van der Waals surface area (Å²) in [5.74, 6) is 0.783. The lowest BCUT2D eigenvalue weighted by molar-refractivity contribution is 0.0636. The van der Waals surface area contributed by atoms with Gasteiger partial charge in [0.15, 0.2) is 5.82 Å². The van der Waals surface area contributed by atoms with E-state index in [0.717, 1.165) is 10.4 Å². The number of halogens is 1. The van der Waals surface area contributed by atoms with Crippen molar-refractivity contribution in [3.8, 4) is 33.7 Å². The van der Waals surface area contributed by atoms with Crippen molar-refractivity contribution in [3.05, 3.63) is 71.0 Å². The molecule has 0 unspecified atom stereocenters. The van der Waals surface area contributed by atoms with Crippen molar-refractivity contribution in [1.29, 1.82) is 0 Å². The number of aromatic nitrogens is 3. The average Bonchev–Trinajstić information content (AvgIpc) is 3.32. The van der Waals surface area contributed by atoms with E-state index < -0.39 is 11.7 Å². The molecule has 37 heavy (non-hydrogen) atoms. The van der Waals surface area contributed by atoms with Crippen LogP contribution in [0, 0.1) is 5.82 Å². The van der Waals surface area contributed by atoms with Crippen LogP contribution in [0.15, 0.2) is 54.7 Å². The maximum atomic E-state index is 13.2. The first-order valence-electron chi connectivity index (χ1n) is 11.4. The third-order valence-electron chi connectivity index (χ3n) is 5.07. The normalized spacial score (nSPS) is 11.2. The number of thiazole rings is 1. The van der Waals surface area contributed by atoms with E-state index in [2.05, 4.69) is 15.3 Å². The molecule has 10 heteroatoms. The van der Waals surface area contributed by atoms with Crippen LogP contribution in [0.1, 0.15) is 31.2 Å². The number of carbonyl (C=O) groups excluding carboxylic acids is 1. The standard InChI is InChI=1S/C27H27FN4O4S/c1-27(2,3)36-26(33)30-19-12-8-17(9-13-19)23-31-21(22(34-4)24(32-23)35-5)25-29-15-20(37-25)14-16-6-10-18(28)11-7-16/h6-13,15H,14H2,1-5H3,(H,30,33). The van der Waals surface area contributed by atoms with Crippen molar-refractivity contribution in [3.63, 3.8) is 0 Å². The van der Waals surface area contributed by atoms with Gasteiger partial charge in [-0.2, -0.15) is 4.98 Å². The Morgan fingerprint density at radius 2 is 1.70 bits per heavy atom. The second-order valence-electron chi connectivity index (χ2n) is 9.08. The van der Waals surface area contributed by atoms with Crippen molar-refractivity contribution in [2.75, 3.05) is 19.5 Å². The highest BCUT2D eigenvalue weighted by Crippen LogP contribution is 2.39. The number of benzene rings is 2. The van der Waals surface area contributed by atoms with Crippen molar-refractivity contribution in [1.82, 2.24) is 15.0 Å². The van der Waals surface area contributed by atoms with Gasteiger partial charge in [0, 0.05) is 28.7 Å². The molecule has 0 saturated carbocycles. The molecule has 192 valence electrons. The molecule has 8 nitrogen and oxygen atoms in total. The van der Waals surface area contributed by atoms with E-state index in [1.165, 1.54) is 37.7 Å². The van der Waals surface area contributed by atoms with Gasteiger partial charge in [-0.05, 0) is 62.7 Å². The fourth-order valence-corrected chi connectivity index (χ4v) is 4.39. The second kappa shape index (κ2) is 10.9. The Hall–Kier alpha value is -4.05. The summed E-state index contributed by atoms with van der Waals surface area (Å²) in [5, 5.41) is 3.34. The number of nitrogens with one attached hydrogen (secondary N) is 1. The van der Waals surface area contributed by atoms with Crippen LogP contribution >= 0.6 is 11.3 Å². The molecular formula is C27H27FN4O4S. The van der Waals surface area contributed by atoms with Gasteiger partial charge >= 0.3 is 6.09 Å². The van der Waals surface area contributed by atoms with Crippen LogP contribution < -0.4 is 14.8 Å². The van der Waals surface area contributed by atoms with E-state index in [-0.39, 0.29) is 11.7 Å². The Kier molecular flexibility index (Phi) is 7.68. The molecule has 4 rings (SSSR count). The molecule has 2 aromatic heterocycles. The molecule has 0 bridgehead atoms. The van der Waals surface area contributed by atoms with Crippen LogP contribution in [0.25, 0.3) is 22.1 Å². The van der Waals surface area contributed by atoms with Gasteiger partial charge in [0.05, 0.1) is 14.2 Å². The highest BCUT2D eigenvalue weighted by Gasteiger charge is 2.21. The summed E-state index contributed by atoms with van der Waals surface area (Å²) in [6.07, 6.45) is 1.85. The third kappa shape index (κ3) is 6.59. The van der Waals surface area contributed by atoms with E-state index in [9.17, 15) is 9.18 Å². The van der Waals surface area contributed by atoms with E-state index in [4.69, 9.17) is 19.2 Å². The summed E-state index contributed by atoms with van der Waals surface area (Å²) >= 11 is 1.46. The van der Waals surface area contributed by atoms with Gasteiger partial charge in [-0.1, -0.05) is 12.1 Å². The largest absolute Gasteiger partial charge is 0.490 e.